The number of rotatable bonds is 1. The molecule has 0 fully saturated rings. The van der Waals surface area contributed by atoms with Crippen molar-refractivity contribution in [1.82, 2.24) is 9.80 Å². The largest absolute Gasteiger partial charge is 0.478 e. The second-order valence-corrected chi connectivity index (χ2v) is 3.10. The van der Waals surface area contributed by atoms with Crippen molar-refractivity contribution in [2.24, 2.45) is 0 Å². The lowest BCUT2D eigenvalue weighted by Gasteiger charge is -2.25. The summed E-state index contributed by atoms with van der Waals surface area (Å²) in [5, 5.41) is 8.88. The van der Waals surface area contributed by atoms with Crippen molar-refractivity contribution < 1.29 is 9.90 Å². The van der Waals surface area contributed by atoms with Crippen LogP contribution in [0, 0.1) is 0 Å². The normalized spacial score (nSPS) is 19.3. The van der Waals surface area contributed by atoms with E-state index >= 15 is 0 Å². The molecule has 1 aliphatic rings. The van der Waals surface area contributed by atoms with Gasteiger partial charge in [0.05, 0.1) is 0 Å². The van der Waals surface area contributed by atoms with E-state index in [-0.39, 0.29) is 0 Å². The van der Waals surface area contributed by atoms with Gasteiger partial charge in [-0.25, -0.2) is 4.79 Å². The zero-order valence-corrected chi connectivity index (χ0v) is 7.83. The summed E-state index contributed by atoms with van der Waals surface area (Å²) in [5.74, 6) is -0.809. The highest BCUT2D eigenvalue weighted by molar-refractivity contribution is 5.74. The van der Waals surface area contributed by atoms with Crippen LogP contribution in [-0.2, 0) is 4.79 Å². The number of allylic oxidation sites excluding steroid dienone is 2. The highest BCUT2D eigenvalue weighted by atomic mass is 16.4. The van der Waals surface area contributed by atoms with Crippen molar-refractivity contribution in [3.05, 3.63) is 11.4 Å². The third-order valence-electron chi connectivity index (χ3n) is 2.54. The first-order chi connectivity index (χ1) is 5.46. The van der Waals surface area contributed by atoms with Crippen LogP contribution in [0.4, 0.5) is 0 Å². The molecule has 12 heavy (non-hydrogen) atoms. The quantitative estimate of drug-likeness (QED) is 0.623. The Kier molecular flexibility index (Phi) is 2.00. The van der Waals surface area contributed by atoms with Crippen molar-refractivity contribution in [3.8, 4) is 0 Å². The molecule has 0 aliphatic carbocycles. The molecule has 4 nitrogen and oxygen atoms in total. The number of likely N-dealkylation sites (N-methyl/N-ethyl adjacent to an activating group) is 2. The predicted octanol–water partition coefficient (Wildman–Crippen LogP) is 0.526. The van der Waals surface area contributed by atoms with E-state index < -0.39 is 12.1 Å². The molecule has 0 bridgehead atoms. The fourth-order valence-electron chi connectivity index (χ4n) is 1.47. The Hall–Kier alpha value is -1.19. The van der Waals surface area contributed by atoms with Crippen LogP contribution in [0.5, 0.6) is 0 Å². The van der Waals surface area contributed by atoms with Crippen molar-refractivity contribution in [3.63, 3.8) is 0 Å². The fraction of sp³-hybridized carbons (Fsp3) is 0.625. The van der Waals surface area contributed by atoms with E-state index in [0.717, 1.165) is 11.4 Å². The first-order valence-corrected chi connectivity index (χ1v) is 3.82. The maximum Gasteiger partial charge on any atom is 0.347 e. The number of aliphatic carboxylic acids is 1. The van der Waals surface area contributed by atoms with Crippen LogP contribution < -0.4 is 0 Å². The van der Waals surface area contributed by atoms with Gasteiger partial charge in [-0.15, -0.1) is 0 Å². The number of nitrogens with zero attached hydrogens (tertiary/aromatic N) is 2. The zero-order valence-electron chi connectivity index (χ0n) is 7.83. The van der Waals surface area contributed by atoms with Crippen LogP contribution in [0.3, 0.4) is 0 Å². The van der Waals surface area contributed by atoms with Crippen LogP contribution in [0.25, 0.3) is 0 Å². The van der Waals surface area contributed by atoms with Crippen molar-refractivity contribution in [1.29, 1.82) is 0 Å². The molecule has 0 saturated carbocycles. The van der Waals surface area contributed by atoms with Gasteiger partial charge in [0.1, 0.15) is 0 Å². The molecule has 0 amide bonds. The predicted molar refractivity (Wildman–Crippen MR) is 45.3 cm³/mol. The summed E-state index contributed by atoms with van der Waals surface area (Å²) in [6, 6.07) is 0. The van der Waals surface area contributed by atoms with Crippen molar-refractivity contribution in [2.75, 3.05) is 14.1 Å². The standard InChI is InChI=1S/C8H14N2O2/c1-5-6(2)10(4)7(8(11)12)9(5)3/h7H,1-4H3,(H,11,12). The molecule has 0 saturated heterocycles. The molecular formula is C8H14N2O2. The Bertz CT molecular complexity index is 229. The molecule has 68 valence electrons. The van der Waals surface area contributed by atoms with E-state index in [4.69, 9.17) is 5.11 Å². The Balaban J connectivity index is 2.95. The van der Waals surface area contributed by atoms with E-state index in [1.54, 1.807) is 23.9 Å². The molecule has 1 rings (SSSR count). The molecule has 0 aromatic heterocycles. The first-order valence-electron chi connectivity index (χ1n) is 3.82. The molecule has 0 radical (unpaired) electrons. The number of carboxylic acids is 1. The zero-order chi connectivity index (χ0) is 9.46. The van der Waals surface area contributed by atoms with Gasteiger partial charge in [-0.3, -0.25) is 0 Å². The average Bonchev–Trinajstić information content (AvgIpc) is 2.16. The van der Waals surface area contributed by atoms with Gasteiger partial charge in [-0.1, -0.05) is 0 Å². The smallest absolute Gasteiger partial charge is 0.347 e. The molecule has 0 aromatic rings. The van der Waals surface area contributed by atoms with Gasteiger partial charge in [0.15, 0.2) is 0 Å². The SMILES string of the molecule is CC1=C(C)N(C)C(C(=O)O)N1C. The maximum absolute atomic E-state index is 10.8. The Morgan fingerprint density at radius 2 is 1.58 bits per heavy atom. The van der Waals surface area contributed by atoms with Gasteiger partial charge in [0.25, 0.3) is 0 Å². The lowest BCUT2D eigenvalue weighted by molar-refractivity contribution is -0.145. The van der Waals surface area contributed by atoms with E-state index in [1.807, 2.05) is 13.8 Å². The van der Waals surface area contributed by atoms with Crippen molar-refractivity contribution in [2.45, 2.75) is 20.0 Å². The van der Waals surface area contributed by atoms with E-state index in [2.05, 4.69) is 0 Å². The number of hydrogen-bond acceptors (Lipinski definition) is 3. The summed E-state index contributed by atoms with van der Waals surface area (Å²) in [6.45, 7) is 3.85. The van der Waals surface area contributed by atoms with Gasteiger partial charge in [-0.05, 0) is 13.8 Å². The summed E-state index contributed by atoms with van der Waals surface area (Å²) < 4.78 is 0. The molecule has 0 aromatic carbocycles. The highest BCUT2D eigenvalue weighted by Gasteiger charge is 2.34. The molecule has 0 spiro atoms. The lowest BCUT2D eigenvalue weighted by atomic mass is 10.4. The van der Waals surface area contributed by atoms with E-state index in [9.17, 15) is 4.79 Å². The number of carboxylic acid groups (broad SMARTS) is 1. The van der Waals surface area contributed by atoms with Crippen molar-refractivity contribution >= 4 is 5.97 Å². The topological polar surface area (TPSA) is 43.8 Å². The van der Waals surface area contributed by atoms with Gasteiger partial charge < -0.3 is 14.9 Å². The van der Waals surface area contributed by atoms with Crippen LogP contribution in [-0.4, -0.2) is 41.1 Å². The van der Waals surface area contributed by atoms with Gasteiger partial charge in [-0.2, -0.15) is 0 Å². The molecule has 1 aliphatic heterocycles. The van der Waals surface area contributed by atoms with E-state index in [1.165, 1.54) is 0 Å². The minimum atomic E-state index is -0.809. The Morgan fingerprint density at radius 3 is 1.75 bits per heavy atom. The highest BCUT2D eigenvalue weighted by Crippen LogP contribution is 2.25. The Morgan fingerprint density at radius 1 is 1.25 bits per heavy atom. The monoisotopic (exact) mass is 170 g/mol. The minimum Gasteiger partial charge on any atom is -0.478 e. The summed E-state index contributed by atoms with van der Waals surface area (Å²) in [6.07, 6.45) is -0.537. The average molecular weight is 170 g/mol. The Labute approximate surface area is 72.1 Å². The van der Waals surface area contributed by atoms with Crippen LogP contribution in [0.2, 0.25) is 0 Å². The van der Waals surface area contributed by atoms with Gasteiger partial charge >= 0.3 is 5.97 Å². The van der Waals surface area contributed by atoms with Crippen LogP contribution in [0.1, 0.15) is 13.8 Å². The molecule has 1 heterocycles. The fourth-order valence-corrected chi connectivity index (χ4v) is 1.47. The molecule has 0 atom stereocenters. The maximum atomic E-state index is 10.8. The molecule has 4 heteroatoms. The summed E-state index contributed by atoms with van der Waals surface area (Å²) in [7, 11) is 3.59. The lowest BCUT2D eigenvalue weighted by Crippen LogP contribution is -2.42. The van der Waals surface area contributed by atoms with Crippen LogP contribution >= 0.6 is 0 Å². The summed E-state index contributed by atoms with van der Waals surface area (Å²) in [4.78, 5) is 14.3. The second-order valence-electron chi connectivity index (χ2n) is 3.10. The number of hydrogen-bond donors (Lipinski definition) is 1. The molecule has 1 N–H and O–H groups in total. The number of carbonyl (C=O) groups is 1. The summed E-state index contributed by atoms with van der Waals surface area (Å²) in [5.41, 5.74) is 2.04. The summed E-state index contributed by atoms with van der Waals surface area (Å²) >= 11 is 0. The second kappa shape index (κ2) is 2.69. The van der Waals surface area contributed by atoms with Gasteiger partial charge in [0.2, 0.25) is 6.17 Å². The molecule has 0 unspecified atom stereocenters. The van der Waals surface area contributed by atoms with Crippen LogP contribution in [0.15, 0.2) is 11.4 Å². The van der Waals surface area contributed by atoms with E-state index in [0.29, 0.717) is 0 Å². The third kappa shape index (κ3) is 1.03. The van der Waals surface area contributed by atoms with Gasteiger partial charge in [0, 0.05) is 25.5 Å². The minimum absolute atomic E-state index is 0.537. The first kappa shape index (κ1) is 8.90. The third-order valence-corrected chi connectivity index (χ3v) is 2.54. The molecular weight excluding hydrogens is 156 g/mol.